The molecule has 3 nitrogen and oxygen atoms in total. The minimum Gasteiger partial charge on any atom is -0.508 e. The van der Waals surface area contributed by atoms with E-state index in [0.717, 1.165) is 18.8 Å². The van der Waals surface area contributed by atoms with Crippen LogP contribution in [0, 0.1) is 0 Å². The number of rotatable bonds is 5. The first-order valence-corrected chi connectivity index (χ1v) is 7.08. The molecule has 0 radical (unpaired) electrons. The van der Waals surface area contributed by atoms with E-state index in [1.165, 1.54) is 24.0 Å². The summed E-state index contributed by atoms with van der Waals surface area (Å²) in [5, 5.41) is 9.35. The van der Waals surface area contributed by atoms with E-state index in [0.29, 0.717) is 11.8 Å². The van der Waals surface area contributed by atoms with Gasteiger partial charge in [0.25, 0.3) is 0 Å². The summed E-state index contributed by atoms with van der Waals surface area (Å²) >= 11 is 0. The van der Waals surface area contributed by atoms with E-state index >= 15 is 0 Å². The zero-order chi connectivity index (χ0) is 13.9. The Balaban J connectivity index is 1.73. The van der Waals surface area contributed by atoms with Crippen molar-refractivity contribution in [1.29, 1.82) is 0 Å². The van der Waals surface area contributed by atoms with Gasteiger partial charge in [0, 0.05) is 24.8 Å². The maximum Gasteiger partial charge on any atom is 0.115 e. The maximum absolute atomic E-state index is 9.35. The lowest BCUT2D eigenvalue weighted by Gasteiger charge is -2.23. The number of phenolic OH excluding ortho intramolecular Hbond substituents is 1. The summed E-state index contributed by atoms with van der Waals surface area (Å²) in [7, 11) is 0. The van der Waals surface area contributed by atoms with Crippen molar-refractivity contribution in [2.24, 2.45) is 0 Å². The second kappa shape index (κ2) is 5.55. The molecule has 1 aliphatic carbocycles. The Kier molecular flexibility index (Phi) is 3.61. The number of phenols is 1. The molecule has 0 saturated heterocycles. The molecule has 0 unspecified atom stereocenters. The SMILES string of the molecule is Nc1ccccc1CN(Cc1ccc(O)cc1)C1CC1. The summed E-state index contributed by atoms with van der Waals surface area (Å²) in [5.74, 6) is 0.319. The van der Waals surface area contributed by atoms with Crippen LogP contribution >= 0.6 is 0 Å². The van der Waals surface area contributed by atoms with Gasteiger partial charge in [-0.3, -0.25) is 4.90 Å². The van der Waals surface area contributed by atoms with Crippen molar-refractivity contribution in [3.05, 3.63) is 59.7 Å². The van der Waals surface area contributed by atoms with Gasteiger partial charge in [0.2, 0.25) is 0 Å². The molecular formula is C17H20N2O. The summed E-state index contributed by atoms with van der Waals surface area (Å²) in [6.45, 7) is 1.79. The molecule has 3 N–H and O–H groups in total. The molecule has 2 aromatic carbocycles. The number of para-hydroxylation sites is 1. The summed E-state index contributed by atoms with van der Waals surface area (Å²) in [4.78, 5) is 2.47. The van der Waals surface area contributed by atoms with Crippen molar-refractivity contribution in [1.82, 2.24) is 4.90 Å². The zero-order valence-corrected chi connectivity index (χ0v) is 11.5. The fraction of sp³-hybridized carbons (Fsp3) is 0.294. The van der Waals surface area contributed by atoms with E-state index in [1.807, 2.05) is 30.3 Å². The van der Waals surface area contributed by atoms with Gasteiger partial charge in [0.1, 0.15) is 5.75 Å². The molecule has 104 valence electrons. The highest BCUT2D eigenvalue weighted by Gasteiger charge is 2.29. The van der Waals surface area contributed by atoms with Gasteiger partial charge >= 0.3 is 0 Å². The molecule has 1 aliphatic rings. The predicted octanol–water partition coefficient (Wildman–Crippen LogP) is 3.14. The van der Waals surface area contributed by atoms with Crippen molar-refractivity contribution >= 4 is 5.69 Å². The van der Waals surface area contributed by atoms with Crippen LogP contribution in [-0.2, 0) is 13.1 Å². The summed E-state index contributed by atoms with van der Waals surface area (Å²) < 4.78 is 0. The highest BCUT2D eigenvalue weighted by atomic mass is 16.3. The maximum atomic E-state index is 9.35. The van der Waals surface area contributed by atoms with Crippen LogP contribution in [0.2, 0.25) is 0 Å². The number of nitrogens with zero attached hydrogens (tertiary/aromatic N) is 1. The second-order valence-corrected chi connectivity index (χ2v) is 5.50. The Morgan fingerprint density at radius 3 is 2.35 bits per heavy atom. The van der Waals surface area contributed by atoms with Crippen LogP contribution in [0.5, 0.6) is 5.75 Å². The van der Waals surface area contributed by atoms with Crippen molar-refractivity contribution in [3.63, 3.8) is 0 Å². The first-order valence-electron chi connectivity index (χ1n) is 7.08. The summed E-state index contributed by atoms with van der Waals surface area (Å²) in [6.07, 6.45) is 2.54. The van der Waals surface area contributed by atoms with Crippen LogP contribution in [0.25, 0.3) is 0 Å². The standard InChI is InChI=1S/C17H20N2O/c18-17-4-2-1-3-14(17)12-19(15-7-8-15)11-13-5-9-16(20)10-6-13/h1-6,9-10,15,20H,7-8,11-12,18H2. The third kappa shape index (κ3) is 3.11. The first-order chi connectivity index (χ1) is 9.72. The molecule has 0 spiro atoms. The van der Waals surface area contributed by atoms with E-state index in [4.69, 9.17) is 5.73 Å². The highest BCUT2D eigenvalue weighted by molar-refractivity contribution is 5.46. The Bertz CT molecular complexity index is 576. The van der Waals surface area contributed by atoms with Crippen LogP contribution in [0.1, 0.15) is 24.0 Å². The van der Waals surface area contributed by atoms with Gasteiger partial charge in [-0.15, -0.1) is 0 Å². The van der Waals surface area contributed by atoms with E-state index in [9.17, 15) is 5.11 Å². The number of nitrogens with two attached hydrogens (primary N) is 1. The number of anilines is 1. The number of aromatic hydroxyl groups is 1. The zero-order valence-electron chi connectivity index (χ0n) is 11.5. The van der Waals surface area contributed by atoms with Crippen LogP contribution in [-0.4, -0.2) is 16.0 Å². The molecule has 3 heteroatoms. The topological polar surface area (TPSA) is 49.5 Å². The monoisotopic (exact) mass is 268 g/mol. The van der Waals surface area contributed by atoms with Gasteiger partial charge in [-0.25, -0.2) is 0 Å². The van der Waals surface area contributed by atoms with Crippen molar-refractivity contribution in [2.75, 3.05) is 5.73 Å². The number of nitrogen functional groups attached to an aromatic ring is 1. The molecule has 0 bridgehead atoms. The average Bonchev–Trinajstić information content (AvgIpc) is 3.27. The molecule has 0 amide bonds. The third-order valence-corrected chi connectivity index (χ3v) is 3.81. The molecular weight excluding hydrogens is 248 g/mol. The number of benzene rings is 2. The lowest BCUT2D eigenvalue weighted by molar-refractivity contribution is 0.246. The average molecular weight is 268 g/mol. The van der Waals surface area contributed by atoms with E-state index in [1.54, 1.807) is 12.1 Å². The van der Waals surface area contributed by atoms with Gasteiger partial charge in [-0.2, -0.15) is 0 Å². The van der Waals surface area contributed by atoms with Crippen LogP contribution in [0.15, 0.2) is 48.5 Å². The quantitative estimate of drug-likeness (QED) is 0.819. The van der Waals surface area contributed by atoms with Gasteiger partial charge < -0.3 is 10.8 Å². The lowest BCUT2D eigenvalue weighted by atomic mass is 10.1. The Hall–Kier alpha value is -2.00. The molecule has 1 saturated carbocycles. The number of hydrogen-bond donors (Lipinski definition) is 2. The smallest absolute Gasteiger partial charge is 0.115 e. The predicted molar refractivity (Wildman–Crippen MR) is 81.2 cm³/mol. The Morgan fingerprint density at radius 2 is 1.70 bits per heavy atom. The van der Waals surface area contributed by atoms with E-state index in [2.05, 4.69) is 11.0 Å². The van der Waals surface area contributed by atoms with Crippen LogP contribution < -0.4 is 5.73 Å². The van der Waals surface area contributed by atoms with E-state index < -0.39 is 0 Å². The summed E-state index contributed by atoms with van der Waals surface area (Å²) in [6, 6.07) is 16.2. The fourth-order valence-corrected chi connectivity index (χ4v) is 2.49. The number of hydrogen-bond acceptors (Lipinski definition) is 3. The minimum absolute atomic E-state index is 0.319. The van der Waals surface area contributed by atoms with E-state index in [-0.39, 0.29) is 0 Å². The lowest BCUT2D eigenvalue weighted by Crippen LogP contribution is -2.25. The molecule has 2 aromatic rings. The largest absolute Gasteiger partial charge is 0.508 e. The minimum atomic E-state index is 0.319. The molecule has 0 aromatic heterocycles. The fourth-order valence-electron chi connectivity index (χ4n) is 2.49. The van der Waals surface area contributed by atoms with Crippen LogP contribution in [0.4, 0.5) is 5.69 Å². The molecule has 0 aliphatic heterocycles. The van der Waals surface area contributed by atoms with Gasteiger partial charge in [0.15, 0.2) is 0 Å². The third-order valence-electron chi connectivity index (χ3n) is 3.81. The molecule has 1 fully saturated rings. The van der Waals surface area contributed by atoms with Crippen LogP contribution in [0.3, 0.4) is 0 Å². The van der Waals surface area contributed by atoms with Gasteiger partial charge in [-0.1, -0.05) is 30.3 Å². The molecule has 20 heavy (non-hydrogen) atoms. The summed E-state index contributed by atoms with van der Waals surface area (Å²) in [5.41, 5.74) is 9.33. The highest BCUT2D eigenvalue weighted by Crippen LogP contribution is 2.30. The first kappa shape index (κ1) is 13.0. The van der Waals surface area contributed by atoms with Crippen molar-refractivity contribution < 1.29 is 5.11 Å². The molecule has 0 heterocycles. The molecule has 3 rings (SSSR count). The normalized spacial score (nSPS) is 14.7. The van der Waals surface area contributed by atoms with Crippen molar-refractivity contribution in [2.45, 2.75) is 32.0 Å². The Labute approximate surface area is 119 Å². The van der Waals surface area contributed by atoms with Gasteiger partial charge in [-0.05, 0) is 42.2 Å². The van der Waals surface area contributed by atoms with Crippen molar-refractivity contribution in [3.8, 4) is 5.75 Å². The second-order valence-electron chi connectivity index (χ2n) is 5.50. The van der Waals surface area contributed by atoms with Gasteiger partial charge in [0.05, 0.1) is 0 Å². The molecule has 0 atom stereocenters. The Morgan fingerprint density at radius 1 is 1.00 bits per heavy atom.